The molecule has 116 valence electrons. The fraction of sp³-hybridized carbons (Fsp3) is 0.938. The van der Waals surface area contributed by atoms with Crippen molar-refractivity contribution in [1.29, 1.82) is 0 Å². The molecule has 2 aliphatic heterocycles. The quantitative estimate of drug-likeness (QED) is 0.839. The summed E-state index contributed by atoms with van der Waals surface area (Å²) >= 11 is 0. The van der Waals surface area contributed by atoms with Gasteiger partial charge in [-0.3, -0.25) is 4.79 Å². The molecule has 0 radical (unpaired) electrons. The summed E-state index contributed by atoms with van der Waals surface area (Å²) in [7, 11) is 0. The van der Waals surface area contributed by atoms with Gasteiger partial charge in [-0.05, 0) is 64.5 Å². The van der Waals surface area contributed by atoms with Crippen LogP contribution in [0.25, 0.3) is 0 Å². The van der Waals surface area contributed by atoms with Crippen molar-refractivity contribution in [3.8, 4) is 0 Å². The Morgan fingerprint density at radius 3 is 2.35 bits per heavy atom. The molecule has 0 aromatic heterocycles. The van der Waals surface area contributed by atoms with Gasteiger partial charge in [0.05, 0.1) is 0 Å². The van der Waals surface area contributed by atoms with Crippen LogP contribution < -0.4 is 5.32 Å². The largest absolute Gasteiger partial charge is 0.381 e. The molecule has 0 atom stereocenters. The first-order valence-corrected chi connectivity index (χ1v) is 8.24. The molecule has 0 aliphatic carbocycles. The zero-order valence-electron chi connectivity index (χ0n) is 13.1. The van der Waals surface area contributed by atoms with Crippen LogP contribution in [0.5, 0.6) is 0 Å². The molecule has 4 heteroatoms. The van der Waals surface area contributed by atoms with Crippen molar-refractivity contribution in [2.75, 3.05) is 32.8 Å². The van der Waals surface area contributed by atoms with Gasteiger partial charge < -0.3 is 15.0 Å². The number of hydrogen-bond acceptors (Lipinski definition) is 3. The second-order valence-corrected chi connectivity index (χ2v) is 6.60. The van der Waals surface area contributed by atoms with Crippen LogP contribution in [-0.4, -0.2) is 49.7 Å². The van der Waals surface area contributed by atoms with Gasteiger partial charge in [0.1, 0.15) is 0 Å². The number of amides is 1. The highest BCUT2D eigenvalue weighted by molar-refractivity contribution is 5.76. The standard InChI is InChI=1S/C16H30N2O2/c1-13(2)17-16(19)5-10-18-8-3-14(4-9-18)15-6-11-20-12-7-15/h13-15H,3-12H2,1-2H3,(H,17,19). The Labute approximate surface area is 123 Å². The van der Waals surface area contributed by atoms with Crippen molar-refractivity contribution in [3.63, 3.8) is 0 Å². The number of carbonyl (C=O) groups is 1. The average Bonchev–Trinajstić information content (AvgIpc) is 2.46. The van der Waals surface area contributed by atoms with Crippen LogP contribution in [-0.2, 0) is 9.53 Å². The lowest BCUT2D eigenvalue weighted by Gasteiger charge is -2.37. The highest BCUT2D eigenvalue weighted by atomic mass is 16.5. The fourth-order valence-electron chi connectivity index (χ4n) is 3.49. The van der Waals surface area contributed by atoms with Crippen LogP contribution in [0.15, 0.2) is 0 Å². The first-order chi connectivity index (χ1) is 9.65. The van der Waals surface area contributed by atoms with Crippen LogP contribution in [0.2, 0.25) is 0 Å². The summed E-state index contributed by atoms with van der Waals surface area (Å²) in [6, 6.07) is 0.252. The summed E-state index contributed by atoms with van der Waals surface area (Å²) in [6.45, 7) is 9.18. The van der Waals surface area contributed by atoms with Crippen LogP contribution in [0.1, 0.15) is 46.0 Å². The molecule has 0 aromatic carbocycles. The molecule has 1 amide bonds. The molecular weight excluding hydrogens is 252 g/mol. The Hall–Kier alpha value is -0.610. The molecule has 2 heterocycles. The molecule has 0 unspecified atom stereocenters. The molecule has 2 saturated heterocycles. The van der Waals surface area contributed by atoms with E-state index in [1.54, 1.807) is 0 Å². The molecule has 0 bridgehead atoms. The monoisotopic (exact) mass is 282 g/mol. The van der Waals surface area contributed by atoms with Gasteiger partial charge in [-0.15, -0.1) is 0 Å². The molecule has 2 fully saturated rings. The van der Waals surface area contributed by atoms with Gasteiger partial charge >= 0.3 is 0 Å². The number of hydrogen-bond donors (Lipinski definition) is 1. The number of ether oxygens (including phenoxy) is 1. The van der Waals surface area contributed by atoms with E-state index in [-0.39, 0.29) is 11.9 Å². The maximum atomic E-state index is 11.7. The average molecular weight is 282 g/mol. The predicted octanol–water partition coefficient (Wildman–Crippen LogP) is 2.04. The van der Waals surface area contributed by atoms with Crippen LogP contribution in [0, 0.1) is 11.8 Å². The Morgan fingerprint density at radius 2 is 1.75 bits per heavy atom. The highest BCUT2D eigenvalue weighted by Crippen LogP contribution is 2.31. The first kappa shape index (κ1) is 15.8. The van der Waals surface area contributed by atoms with E-state index in [1.807, 2.05) is 13.8 Å². The number of piperidine rings is 1. The van der Waals surface area contributed by atoms with E-state index in [1.165, 1.54) is 25.7 Å². The van der Waals surface area contributed by atoms with Crippen molar-refractivity contribution in [2.24, 2.45) is 11.8 Å². The molecule has 0 saturated carbocycles. The highest BCUT2D eigenvalue weighted by Gasteiger charge is 2.27. The van der Waals surface area contributed by atoms with Crippen molar-refractivity contribution in [3.05, 3.63) is 0 Å². The second-order valence-electron chi connectivity index (χ2n) is 6.60. The van der Waals surface area contributed by atoms with Crippen molar-refractivity contribution in [1.82, 2.24) is 10.2 Å². The zero-order valence-corrected chi connectivity index (χ0v) is 13.1. The molecule has 0 spiro atoms. The zero-order chi connectivity index (χ0) is 14.4. The van der Waals surface area contributed by atoms with E-state index in [2.05, 4.69) is 10.2 Å². The normalized spacial score (nSPS) is 23.1. The minimum absolute atomic E-state index is 0.187. The fourth-order valence-corrected chi connectivity index (χ4v) is 3.49. The summed E-state index contributed by atoms with van der Waals surface area (Å²) in [5.41, 5.74) is 0. The second kappa shape index (κ2) is 7.99. The number of nitrogens with one attached hydrogen (secondary N) is 1. The maximum Gasteiger partial charge on any atom is 0.221 e. The third-order valence-electron chi connectivity index (χ3n) is 4.67. The van der Waals surface area contributed by atoms with Crippen LogP contribution in [0.4, 0.5) is 0 Å². The third kappa shape index (κ3) is 5.06. The SMILES string of the molecule is CC(C)NC(=O)CCN1CCC(C2CCOCC2)CC1. The summed E-state index contributed by atoms with van der Waals surface area (Å²) < 4.78 is 5.45. The van der Waals surface area contributed by atoms with E-state index in [9.17, 15) is 4.79 Å². The molecule has 20 heavy (non-hydrogen) atoms. The Morgan fingerprint density at radius 1 is 1.15 bits per heavy atom. The minimum atomic E-state index is 0.187. The van der Waals surface area contributed by atoms with Gasteiger partial charge in [-0.1, -0.05) is 0 Å². The van der Waals surface area contributed by atoms with E-state index in [4.69, 9.17) is 4.74 Å². The Bertz CT molecular complexity index is 293. The number of carbonyl (C=O) groups excluding carboxylic acids is 1. The smallest absolute Gasteiger partial charge is 0.221 e. The number of nitrogens with zero attached hydrogens (tertiary/aromatic N) is 1. The minimum Gasteiger partial charge on any atom is -0.381 e. The van der Waals surface area contributed by atoms with Gasteiger partial charge in [0.25, 0.3) is 0 Å². The van der Waals surface area contributed by atoms with Crippen LogP contribution >= 0.6 is 0 Å². The van der Waals surface area contributed by atoms with Gasteiger partial charge in [-0.2, -0.15) is 0 Å². The predicted molar refractivity (Wildman–Crippen MR) is 80.6 cm³/mol. The lowest BCUT2D eigenvalue weighted by Crippen LogP contribution is -2.40. The molecule has 4 nitrogen and oxygen atoms in total. The van der Waals surface area contributed by atoms with Gasteiger partial charge in [0, 0.05) is 32.2 Å². The summed E-state index contributed by atoms with van der Waals surface area (Å²) in [6.07, 6.45) is 5.75. The van der Waals surface area contributed by atoms with Crippen molar-refractivity contribution in [2.45, 2.75) is 52.0 Å². The summed E-state index contributed by atoms with van der Waals surface area (Å²) in [5, 5.41) is 2.96. The maximum absolute atomic E-state index is 11.7. The van der Waals surface area contributed by atoms with Crippen LogP contribution in [0.3, 0.4) is 0 Å². The third-order valence-corrected chi connectivity index (χ3v) is 4.67. The van der Waals surface area contributed by atoms with Gasteiger partial charge in [0.2, 0.25) is 5.91 Å². The molecule has 0 aromatic rings. The molecule has 1 N–H and O–H groups in total. The topological polar surface area (TPSA) is 41.6 Å². The van der Waals surface area contributed by atoms with Gasteiger partial charge in [-0.25, -0.2) is 0 Å². The number of rotatable bonds is 5. The number of likely N-dealkylation sites (tertiary alicyclic amines) is 1. The lowest BCUT2D eigenvalue weighted by molar-refractivity contribution is -0.122. The van der Waals surface area contributed by atoms with E-state index in [0.29, 0.717) is 6.42 Å². The molecule has 2 aliphatic rings. The van der Waals surface area contributed by atoms with Crippen molar-refractivity contribution >= 4 is 5.91 Å². The molecular formula is C16H30N2O2. The Kier molecular flexibility index (Phi) is 6.30. The molecule has 2 rings (SSSR count). The van der Waals surface area contributed by atoms with Crippen molar-refractivity contribution < 1.29 is 9.53 Å². The summed E-state index contributed by atoms with van der Waals surface area (Å²) in [4.78, 5) is 14.1. The van der Waals surface area contributed by atoms with E-state index in [0.717, 1.165) is 44.7 Å². The van der Waals surface area contributed by atoms with E-state index < -0.39 is 0 Å². The van der Waals surface area contributed by atoms with E-state index >= 15 is 0 Å². The van der Waals surface area contributed by atoms with Gasteiger partial charge in [0.15, 0.2) is 0 Å². The first-order valence-electron chi connectivity index (χ1n) is 8.24. The Balaban J connectivity index is 1.62. The lowest BCUT2D eigenvalue weighted by atomic mass is 9.80. The summed E-state index contributed by atoms with van der Waals surface area (Å²) in [5.74, 6) is 1.96.